The second-order valence-corrected chi connectivity index (χ2v) is 6.02. The Morgan fingerprint density at radius 3 is 2.27 bits per heavy atom. The third kappa shape index (κ3) is 2.95. The fourth-order valence-electron chi connectivity index (χ4n) is 2.96. The number of carbonyl (C=O) groups excluding carboxylic acids is 1. The van der Waals surface area contributed by atoms with Crippen molar-refractivity contribution in [3.8, 4) is 0 Å². The number of esters is 1. The zero-order chi connectivity index (χ0) is 15.9. The van der Waals surface area contributed by atoms with Crippen LogP contribution in [0.25, 0.3) is 0 Å². The van der Waals surface area contributed by atoms with E-state index in [0.29, 0.717) is 18.4 Å². The molecular formula is C15H17NO6. The number of fused-ring (bicyclic) bond motifs is 1. The molecule has 0 amide bonds. The van der Waals surface area contributed by atoms with Crippen molar-refractivity contribution in [1.82, 2.24) is 0 Å². The molecule has 118 valence electrons. The van der Waals surface area contributed by atoms with Crippen LogP contribution in [-0.4, -0.2) is 35.0 Å². The summed E-state index contributed by atoms with van der Waals surface area (Å²) in [5, 5.41) is 10.6. The zero-order valence-electron chi connectivity index (χ0n) is 12.4. The minimum Gasteiger partial charge on any atom is -0.459 e. The van der Waals surface area contributed by atoms with Gasteiger partial charge in [-0.05, 0) is 26.0 Å². The van der Waals surface area contributed by atoms with E-state index in [4.69, 9.17) is 14.2 Å². The lowest BCUT2D eigenvalue weighted by Gasteiger charge is -2.20. The van der Waals surface area contributed by atoms with Gasteiger partial charge in [-0.25, -0.2) is 4.79 Å². The van der Waals surface area contributed by atoms with E-state index in [1.54, 1.807) is 0 Å². The van der Waals surface area contributed by atoms with Crippen LogP contribution in [0.5, 0.6) is 0 Å². The molecule has 22 heavy (non-hydrogen) atoms. The van der Waals surface area contributed by atoms with E-state index >= 15 is 0 Å². The average molecular weight is 307 g/mol. The highest BCUT2D eigenvalue weighted by atomic mass is 16.8. The van der Waals surface area contributed by atoms with Crippen LogP contribution in [0.4, 0.5) is 5.69 Å². The largest absolute Gasteiger partial charge is 0.459 e. The Morgan fingerprint density at radius 2 is 1.77 bits per heavy atom. The molecule has 0 spiro atoms. The van der Waals surface area contributed by atoms with Crippen molar-refractivity contribution in [2.24, 2.45) is 0 Å². The van der Waals surface area contributed by atoms with Gasteiger partial charge >= 0.3 is 5.97 Å². The van der Waals surface area contributed by atoms with Gasteiger partial charge in [-0.2, -0.15) is 0 Å². The van der Waals surface area contributed by atoms with Crippen LogP contribution in [0.15, 0.2) is 24.3 Å². The number of nitrogens with zero attached hydrogens (tertiary/aromatic N) is 1. The van der Waals surface area contributed by atoms with Gasteiger partial charge in [0.15, 0.2) is 5.79 Å². The van der Waals surface area contributed by atoms with Gasteiger partial charge in [-0.1, -0.05) is 0 Å². The first-order valence-electron chi connectivity index (χ1n) is 7.15. The second kappa shape index (κ2) is 5.33. The first-order chi connectivity index (χ1) is 10.3. The maximum absolute atomic E-state index is 12.1. The van der Waals surface area contributed by atoms with Crippen LogP contribution >= 0.6 is 0 Å². The van der Waals surface area contributed by atoms with E-state index in [2.05, 4.69) is 0 Å². The minimum atomic E-state index is -0.581. The van der Waals surface area contributed by atoms with Gasteiger partial charge in [0, 0.05) is 25.0 Å². The molecule has 1 saturated heterocycles. The molecule has 3 atom stereocenters. The van der Waals surface area contributed by atoms with E-state index in [9.17, 15) is 14.9 Å². The summed E-state index contributed by atoms with van der Waals surface area (Å²) in [6, 6.07) is 5.36. The number of benzene rings is 1. The van der Waals surface area contributed by atoms with Crippen LogP contribution < -0.4 is 0 Å². The Bertz CT molecular complexity index is 581. The summed E-state index contributed by atoms with van der Waals surface area (Å²) in [7, 11) is 0. The van der Waals surface area contributed by atoms with Crippen molar-refractivity contribution in [2.45, 2.75) is 50.8 Å². The van der Waals surface area contributed by atoms with Gasteiger partial charge in [0.2, 0.25) is 0 Å². The molecule has 1 saturated carbocycles. The molecule has 1 heterocycles. The lowest BCUT2D eigenvalue weighted by atomic mass is 10.2. The normalized spacial score (nSPS) is 29.1. The van der Waals surface area contributed by atoms with Crippen LogP contribution in [0.2, 0.25) is 0 Å². The number of rotatable bonds is 3. The number of hydrogen-bond donors (Lipinski definition) is 0. The van der Waals surface area contributed by atoms with Gasteiger partial charge in [-0.15, -0.1) is 0 Å². The summed E-state index contributed by atoms with van der Waals surface area (Å²) >= 11 is 0. The maximum atomic E-state index is 12.1. The van der Waals surface area contributed by atoms with Crippen LogP contribution in [0, 0.1) is 10.1 Å². The molecule has 0 N–H and O–H groups in total. The summed E-state index contributed by atoms with van der Waals surface area (Å²) < 4.78 is 16.9. The first-order valence-corrected chi connectivity index (χ1v) is 7.15. The lowest BCUT2D eigenvalue weighted by molar-refractivity contribution is -0.384. The van der Waals surface area contributed by atoms with E-state index in [0.717, 1.165) is 0 Å². The molecule has 2 fully saturated rings. The number of nitro benzene ring substituents is 1. The van der Waals surface area contributed by atoms with Gasteiger partial charge in [-0.3, -0.25) is 10.1 Å². The molecule has 2 aliphatic rings. The lowest BCUT2D eigenvalue weighted by Crippen LogP contribution is -2.25. The fraction of sp³-hybridized carbons (Fsp3) is 0.533. The number of ether oxygens (including phenoxy) is 3. The molecule has 0 aromatic heterocycles. The Kier molecular flexibility index (Phi) is 3.62. The van der Waals surface area contributed by atoms with Crippen LogP contribution in [0.3, 0.4) is 0 Å². The molecule has 1 aliphatic heterocycles. The van der Waals surface area contributed by atoms with E-state index in [1.807, 2.05) is 13.8 Å². The third-order valence-electron chi connectivity index (χ3n) is 3.86. The monoisotopic (exact) mass is 307 g/mol. The molecule has 1 aliphatic carbocycles. The summed E-state index contributed by atoms with van der Waals surface area (Å²) in [4.78, 5) is 22.1. The average Bonchev–Trinajstić information content (AvgIpc) is 2.91. The Labute approximate surface area is 127 Å². The van der Waals surface area contributed by atoms with Crippen molar-refractivity contribution >= 4 is 11.7 Å². The Balaban J connectivity index is 1.58. The van der Waals surface area contributed by atoms with Crippen molar-refractivity contribution in [2.75, 3.05) is 0 Å². The number of hydrogen-bond acceptors (Lipinski definition) is 6. The molecule has 1 aromatic rings. The third-order valence-corrected chi connectivity index (χ3v) is 3.86. The number of carbonyl (C=O) groups is 1. The van der Waals surface area contributed by atoms with Crippen molar-refractivity contribution < 1.29 is 23.9 Å². The highest BCUT2D eigenvalue weighted by Crippen LogP contribution is 2.39. The number of nitro groups is 1. The number of non-ortho nitro benzene ring substituents is 1. The fourth-order valence-corrected chi connectivity index (χ4v) is 2.96. The molecule has 1 unspecified atom stereocenters. The molecule has 3 rings (SSSR count). The summed E-state index contributed by atoms with van der Waals surface area (Å²) in [6.45, 7) is 3.73. The molecule has 1 aromatic carbocycles. The van der Waals surface area contributed by atoms with E-state index in [1.165, 1.54) is 24.3 Å². The summed E-state index contributed by atoms with van der Waals surface area (Å²) in [5.41, 5.74) is 0.237. The van der Waals surface area contributed by atoms with E-state index in [-0.39, 0.29) is 24.0 Å². The van der Waals surface area contributed by atoms with E-state index < -0.39 is 16.7 Å². The quantitative estimate of drug-likeness (QED) is 0.484. The topological polar surface area (TPSA) is 87.9 Å². The predicted octanol–water partition coefficient (Wildman–Crippen LogP) is 2.43. The van der Waals surface area contributed by atoms with Gasteiger partial charge < -0.3 is 14.2 Å². The summed E-state index contributed by atoms with van der Waals surface area (Å²) in [6.07, 6.45) is 0.850. The maximum Gasteiger partial charge on any atom is 0.338 e. The van der Waals surface area contributed by atoms with Gasteiger partial charge in [0.1, 0.15) is 6.10 Å². The molecular weight excluding hydrogens is 290 g/mol. The van der Waals surface area contributed by atoms with Crippen molar-refractivity contribution in [1.29, 1.82) is 0 Å². The molecule has 0 bridgehead atoms. The zero-order valence-corrected chi connectivity index (χ0v) is 12.4. The highest BCUT2D eigenvalue weighted by molar-refractivity contribution is 5.89. The molecule has 0 radical (unpaired) electrons. The van der Waals surface area contributed by atoms with Crippen molar-refractivity contribution in [3.63, 3.8) is 0 Å². The smallest absolute Gasteiger partial charge is 0.338 e. The van der Waals surface area contributed by atoms with Crippen LogP contribution in [-0.2, 0) is 14.2 Å². The molecule has 7 heteroatoms. The van der Waals surface area contributed by atoms with Crippen molar-refractivity contribution in [3.05, 3.63) is 39.9 Å². The summed E-state index contributed by atoms with van der Waals surface area (Å²) in [5.74, 6) is -1.07. The van der Waals surface area contributed by atoms with Gasteiger partial charge in [0.25, 0.3) is 5.69 Å². The standard InChI is InChI=1S/C15H17NO6/c1-15(2)21-12-7-11(8-13(12)22-15)20-14(17)9-3-5-10(6-4-9)16(18)19/h3-6,11-13H,7-8H2,1-2H3/t11?,12-,13+. The SMILES string of the molecule is CC1(C)O[C@H]2CC(OC(=O)c3ccc([N+](=O)[O-])cc3)C[C@H]2O1. The van der Waals surface area contributed by atoms with Gasteiger partial charge in [0.05, 0.1) is 22.7 Å². The Hall–Kier alpha value is -1.99. The predicted molar refractivity (Wildman–Crippen MR) is 75.4 cm³/mol. The molecule has 7 nitrogen and oxygen atoms in total. The highest BCUT2D eigenvalue weighted by Gasteiger charge is 2.48. The van der Waals surface area contributed by atoms with Crippen LogP contribution in [0.1, 0.15) is 37.0 Å². The first kappa shape index (κ1) is 14.9. The minimum absolute atomic E-state index is 0.0512. The second-order valence-electron chi connectivity index (χ2n) is 6.02. The Morgan fingerprint density at radius 1 is 1.23 bits per heavy atom.